The predicted octanol–water partition coefficient (Wildman–Crippen LogP) is 1.11. The number of rotatable bonds is 8. The lowest BCUT2D eigenvalue weighted by molar-refractivity contribution is -0.143. The van der Waals surface area contributed by atoms with E-state index in [9.17, 15) is 28.2 Å². The molecule has 2 aliphatic heterocycles. The van der Waals surface area contributed by atoms with Crippen LogP contribution in [-0.2, 0) is 26.2 Å². The van der Waals surface area contributed by atoms with Gasteiger partial charge in [0.2, 0.25) is 10.0 Å². The third-order valence-corrected chi connectivity index (χ3v) is 9.38. The Bertz CT molecular complexity index is 956. The van der Waals surface area contributed by atoms with E-state index in [2.05, 4.69) is 10.0 Å². The van der Waals surface area contributed by atoms with E-state index in [1.165, 1.54) is 0 Å². The second kappa shape index (κ2) is 10.1. The summed E-state index contributed by atoms with van der Waals surface area (Å²) in [5, 5.41) is 21.4. The van der Waals surface area contributed by atoms with Gasteiger partial charge in [0, 0.05) is 19.6 Å². The molecule has 2 saturated heterocycles. The van der Waals surface area contributed by atoms with Crippen LogP contribution in [0, 0.1) is 17.8 Å². The van der Waals surface area contributed by atoms with Gasteiger partial charge in [-0.15, -0.1) is 0 Å². The molecule has 1 saturated carbocycles. The lowest BCUT2D eigenvalue weighted by Gasteiger charge is -2.42. The Balaban J connectivity index is 1.37. The molecule has 4 N–H and O–H groups in total. The van der Waals surface area contributed by atoms with Crippen LogP contribution in [0.4, 0.5) is 0 Å². The molecule has 1 aromatic carbocycles. The maximum atomic E-state index is 12.9. The summed E-state index contributed by atoms with van der Waals surface area (Å²) >= 11 is 0. The number of hydrogen-bond acceptors (Lipinski definition) is 6. The molecule has 10 heteroatoms. The summed E-state index contributed by atoms with van der Waals surface area (Å²) in [4.78, 5) is 25.1. The number of benzene rings is 1. The Hall–Kier alpha value is -2.01. The molecule has 6 atom stereocenters. The van der Waals surface area contributed by atoms with Gasteiger partial charge in [-0.3, -0.25) is 14.5 Å². The monoisotopic (exact) mass is 479 g/mol. The Morgan fingerprint density at radius 2 is 1.79 bits per heavy atom. The van der Waals surface area contributed by atoms with E-state index >= 15 is 0 Å². The van der Waals surface area contributed by atoms with Crippen LogP contribution in [0.5, 0.6) is 0 Å². The highest BCUT2D eigenvalue weighted by Gasteiger charge is 2.44. The van der Waals surface area contributed by atoms with Crippen molar-refractivity contribution in [1.29, 1.82) is 0 Å². The largest absolute Gasteiger partial charge is 0.480 e. The van der Waals surface area contributed by atoms with Crippen LogP contribution in [0.25, 0.3) is 0 Å². The van der Waals surface area contributed by atoms with Crippen LogP contribution in [-0.4, -0.2) is 72.4 Å². The molecule has 1 unspecified atom stereocenters. The van der Waals surface area contributed by atoms with Gasteiger partial charge >= 0.3 is 11.9 Å². The molecule has 0 aromatic heterocycles. The summed E-state index contributed by atoms with van der Waals surface area (Å²) in [5.41, 5.74) is 0.851. The second-order valence-electron chi connectivity index (χ2n) is 9.75. The van der Waals surface area contributed by atoms with Crippen LogP contribution in [0.15, 0.2) is 30.3 Å². The number of fused-ring (bicyclic) bond motifs is 1. The van der Waals surface area contributed by atoms with Crippen molar-refractivity contribution in [3.8, 4) is 0 Å². The quantitative estimate of drug-likeness (QED) is 0.435. The minimum atomic E-state index is -3.66. The number of nitrogens with one attached hydrogen (secondary N) is 2. The first kappa shape index (κ1) is 24.1. The number of carboxylic acids is 2. The molecular formula is C23H33N3O6S. The molecule has 0 amide bonds. The molecule has 0 spiro atoms. The summed E-state index contributed by atoms with van der Waals surface area (Å²) in [5.74, 6) is -0.793. The molecule has 0 bridgehead atoms. The van der Waals surface area contributed by atoms with Crippen LogP contribution in [0.3, 0.4) is 0 Å². The Labute approximate surface area is 194 Å². The van der Waals surface area contributed by atoms with Crippen LogP contribution >= 0.6 is 0 Å². The number of nitrogens with zero attached hydrogens (tertiary/aromatic N) is 1. The highest BCUT2D eigenvalue weighted by atomic mass is 32.2. The maximum Gasteiger partial charge on any atom is 0.320 e. The van der Waals surface area contributed by atoms with Crippen LogP contribution in [0.2, 0.25) is 0 Å². The summed E-state index contributed by atoms with van der Waals surface area (Å²) < 4.78 is 28.5. The molecule has 3 aliphatic rings. The smallest absolute Gasteiger partial charge is 0.320 e. The molecule has 182 valence electrons. The van der Waals surface area contributed by atoms with E-state index < -0.39 is 39.3 Å². The van der Waals surface area contributed by atoms with Crippen molar-refractivity contribution in [2.45, 2.75) is 56.0 Å². The van der Waals surface area contributed by atoms with Crippen molar-refractivity contribution in [1.82, 2.24) is 14.9 Å². The van der Waals surface area contributed by atoms with Gasteiger partial charge in [-0.25, -0.2) is 13.1 Å². The van der Waals surface area contributed by atoms with E-state index in [-0.39, 0.29) is 25.4 Å². The van der Waals surface area contributed by atoms with Crippen molar-refractivity contribution in [3.05, 3.63) is 35.9 Å². The van der Waals surface area contributed by atoms with Gasteiger partial charge in [-0.2, -0.15) is 0 Å². The Kier molecular flexibility index (Phi) is 7.37. The van der Waals surface area contributed by atoms with E-state index in [4.69, 9.17) is 0 Å². The van der Waals surface area contributed by atoms with Crippen LogP contribution in [0.1, 0.15) is 37.7 Å². The van der Waals surface area contributed by atoms with Gasteiger partial charge < -0.3 is 15.5 Å². The van der Waals surface area contributed by atoms with Crippen molar-refractivity contribution in [2.75, 3.05) is 19.6 Å². The summed E-state index contributed by atoms with van der Waals surface area (Å²) in [7, 11) is -3.66. The fourth-order valence-corrected chi connectivity index (χ4v) is 7.22. The van der Waals surface area contributed by atoms with Gasteiger partial charge in [-0.05, 0) is 62.0 Å². The lowest BCUT2D eigenvalue weighted by atomic mass is 9.69. The van der Waals surface area contributed by atoms with E-state index in [1.807, 2.05) is 35.2 Å². The first-order valence-electron chi connectivity index (χ1n) is 11.7. The molecule has 9 nitrogen and oxygen atoms in total. The number of likely N-dealkylation sites (tertiary alicyclic amines) is 1. The molecule has 3 fully saturated rings. The maximum absolute atomic E-state index is 12.9. The minimum absolute atomic E-state index is 0.0727. The number of aliphatic carboxylic acids is 2. The van der Waals surface area contributed by atoms with Gasteiger partial charge in [0.25, 0.3) is 0 Å². The molecule has 4 rings (SSSR count). The van der Waals surface area contributed by atoms with Crippen molar-refractivity contribution in [2.24, 2.45) is 17.8 Å². The van der Waals surface area contributed by atoms with E-state index in [1.54, 1.807) is 0 Å². The third kappa shape index (κ3) is 5.74. The highest BCUT2D eigenvalue weighted by Crippen LogP contribution is 2.39. The third-order valence-electron chi connectivity index (χ3n) is 7.61. The van der Waals surface area contributed by atoms with E-state index in [0.717, 1.165) is 24.8 Å². The highest BCUT2D eigenvalue weighted by molar-refractivity contribution is 7.90. The predicted molar refractivity (Wildman–Crippen MR) is 122 cm³/mol. The number of sulfonamides is 1. The zero-order valence-electron chi connectivity index (χ0n) is 18.6. The van der Waals surface area contributed by atoms with Crippen molar-refractivity contribution in [3.63, 3.8) is 0 Å². The Morgan fingerprint density at radius 3 is 2.48 bits per heavy atom. The standard InChI is InChI=1S/C23H33N3O6S/c27-22(28)20-9-18-8-16(6-7-17(18)12-24-20)13-26-14-19(10-21(26)23(29)30)33(31,32)25-11-15-4-2-1-3-5-15/h1-5,16-21,24-25H,6-14H2,(H,27,28)(H,29,30)/t16-,17+,18-,19-,20?,21-/m0/s1. The summed E-state index contributed by atoms with van der Waals surface area (Å²) in [6.45, 7) is 1.63. The fraction of sp³-hybridized carbons (Fsp3) is 0.652. The lowest BCUT2D eigenvalue weighted by Crippen LogP contribution is -2.50. The average Bonchev–Trinajstić information content (AvgIpc) is 3.23. The minimum Gasteiger partial charge on any atom is -0.480 e. The van der Waals surface area contributed by atoms with Gasteiger partial charge in [0.05, 0.1) is 5.25 Å². The van der Waals surface area contributed by atoms with E-state index in [0.29, 0.717) is 31.3 Å². The first-order chi connectivity index (χ1) is 15.7. The molecule has 1 aromatic rings. The van der Waals surface area contributed by atoms with Crippen molar-refractivity contribution < 1.29 is 28.2 Å². The molecule has 0 radical (unpaired) electrons. The zero-order valence-corrected chi connectivity index (χ0v) is 19.4. The molecule has 1 aliphatic carbocycles. The normalized spacial score (nSPS) is 32.8. The zero-order chi connectivity index (χ0) is 23.6. The van der Waals surface area contributed by atoms with Crippen molar-refractivity contribution >= 4 is 22.0 Å². The number of carboxylic acid groups (broad SMARTS) is 2. The molecule has 2 heterocycles. The SMILES string of the molecule is O=C(O)C1C[C@@H]2C[C@@H](CN3C[C@@H](S(=O)(=O)NCc4ccccc4)C[C@H]3C(=O)O)CC[C@@H]2CN1. The van der Waals surface area contributed by atoms with Gasteiger partial charge in [0.1, 0.15) is 12.1 Å². The van der Waals surface area contributed by atoms with Gasteiger partial charge in [-0.1, -0.05) is 30.3 Å². The molecular weight excluding hydrogens is 446 g/mol. The topological polar surface area (TPSA) is 136 Å². The second-order valence-corrected chi connectivity index (χ2v) is 11.8. The average molecular weight is 480 g/mol. The first-order valence-corrected chi connectivity index (χ1v) is 13.2. The number of hydrogen-bond donors (Lipinski definition) is 4. The number of carbonyl (C=O) groups is 2. The fourth-order valence-electron chi connectivity index (χ4n) is 5.79. The molecule has 33 heavy (non-hydrogen) atoms. The number of piperidine rings is 1. The summed E-state index contributed by atoms with van der Waals surface area (Å²) in [6.07, 6.45) is 3.47. The van der Waals surface area contributed by atoms with Crippen LogP contribution < -0.4 is 10.0 Å². The summed E-state index contributed by atoms with van der Waals surface area (Å²) in [6, 6.07) is 7.90. The van der Waals surface area contributed by atoms with Gasteiger partial charge in [0.15, 0.2) is 0 Å². The Morgan fingerprint density at radius 1 is 1.03 bits per heavy atom.